The maximum atomic E-state index is 12.8. The number of carbonyl (C=O) groups is 1. The van der Waals surface area contributed by atoms with E-state index in [1.165, 1.54) is 0 Å². The van der Waals surface area contributed by atoms with E-state index in [0.29, 0.717) is 12.1 Å². The number of pyridine rings is 1. The van der Waals surface area contributed by atoms with Crippen LogP contribution in [0.2, 0.25) is 0 Å². The van der Waals surface area contributed by atoms with E-state index in [-0.39, 0.29) is 11.9 Å². The maximum absolute atomic E-state index is 12.8. The number of hydrogen-bond donors (Lipinski definition) is 2. The highest BCUT2D eigenvalue weighted by molar-refractivity contribution is 5.97. The normalized spacial score (nSPS) is 9.97. The van der Waals surface area contributed by atoms with Gasteiger partial charge in [-0.25, -0.2) is 4.98 Å². The van der Waals surface area contributed by atoms with Gasteiger partial charge in [0, 0.05) is 56.6 Å². The van der Waals surface area contributed by atoms with Crippen LogP contribution in [-0.2, 0) is 13.5 Å². The molecule has 196 valence electrons. The fourth-order valence-corrected chi connectivity index (χ4v) is 3.57. The first-order chi connectivity index (χ1) is 17.9. The predicted octanol–water partition coefficient (Wildman–Crippen LogP) is 4.65. The van der Waals surface area contributed by atoms with Crippen LogP contribution in [0.3, 0.4) is 0 Å². The van der Waals surface area contributed by atoms with Crippen molar-refractivity contribution in [2.45, 2.75) is 33.6 Å². The third-order valence-corrected chi connectivity index (χ3v) is 5.45. The van der Waals surface area contributed by atoms with Crippen molar-refractivity contribution in [1.29, 1.82) is 0 Å². The lowest BCUT2D eigenvalue weighted by Crippen LogP contribution is -2.29. The molecule has 8 heteroatoms. The summed E-state index contributed by atoms with van der Waals surface area (Å²) in [4.78, 5) is 27.4. The lowest BCUT2D eigenvalue weighted by molar-refractivity contribution is 0.0796. The number of likely N-dealkylation sites (N-methyl/N-ethyl adjacent to an activating group) is 1. The molecule has 37 heavy (non-hydrogen) atoms. The first-order valence-corrected chi connectivity index (χ1v) is 12.6. The summed E-state index contributed by atoms with van der Waals surface area (Å²) in [6, 6.07) is 21.6. The Kier molecular flexibility index (Phi) is 11.8. The molecule has 4 rings (SSSR count). The Balaban J connectivity index is 0.000000465. The van der Waals surface area contributed by atoms with Crippen molar-refractivity contribution in [3.8, 4) is 11.4 Å². The number of amides is 1. The largest absolute Gasteiger partial charge is 0.370 e. The number of fused-ring (bicyclic) bond motifs is 1. The zero-order chi connectivity index (χ0) is 27.2. The molecule has 0 spiro atoms. The number of imidazole rings is 1. The van der Waals surface area contributed by atoms with Crippen molar-refractivity contribution in [3.05, 3.63) is 84.2 Å². The van der Waals surface area contributed by atoms with Crippen LogP contribution in [0.4, 0.5) is 0 Å². The third-order valence-electron chi connectivity index (χ3n) is 5.45. The van der Waals surface area contributed by atoms with Crippen molar-refractivity contribution in [1.82, 2.24) is 19.4 Å². The molecule has 1 amide bonds. The van der Waals surface area contributed by atoms with Gasteiger partial charge in [0.25, 0.3) is 5.91 Å². The quantitative estimate of drug-likeness (QED) is 0.283. The van der Waals surface area contributed by atoms with E-state index >= 15 is 0 Å². The van der Waals surface area contributed by atoms with Crippen LogP contribution in [0.15, 0.2) is 77.9 Å². The Bertz CT molecular complexity index is 1260. The average Bonchev–Trinajstić information content (AvgIpc) is 3.28. The molecule has 0 atom stereocenters. The summed E-state index contributed by atoms with van der Waals surface area (Å²) < 4.78 is 2.06. The van der Waals surface area contributed by atoms with Crippen LogP contribution in [0.1, 0.15) is 43.2 Å². The number of nitrogens with zero attached hydrogens (tertiary/aromatic N) is 5. The van der Waals surface area contributed by atoms with Crippen LogP contribution in [-0.4, -0.2) is 51.4 Å². The molecule has 0 aliphatic carbocycles. The van der Waals surface area contributed by atoms with Crippen LogP contribution in [0.25, 0.3) is 22.4 Å². The number of rotatable bonds is 7. The smallest absolute Gasteiger partial charge is 0.253 e. The van der Waals surface area contributed by atoms with Crippen molar-refractivity contribution in [3.63, 3.8) is 0 Å². The highest BCUT2D eigenvalue weighted by atomic mass is 16.2. The van der Waals surface area contributed by atoms with Gasteiger partial charge in [0.2, 0.25) is 0 Å². The number of aromatic nitrogens is 3. The van der Waals surface area contributed by atoms with Gasteiger partial charge >= 0.3 is 0 Å². The van der Waals surface area contributed by atoms with E-state index < -0.39 is 0 Å². The van der Waals surface area contributed by atoms with E-state index in [4.69, 9.17) is 16.5 Å². The van der Waals surface area contributed by atoms with Crippen molar-refractivity contribution < 1.29 is 4.79 Å². The molecule has 0 fully saturated rings. The second-order valence-corrected chi connectivity index (χ2v) is 8.17. The first kappa shape index (κ1) is 29.0. The Labute approximate surface area is 220 Å². The van der Waals surface area contributed by atoms with Gasteiger partial charge in [0.05, 0.1) is 11.0 Å². The Hall–Kier alpha value is -4.20. The fourth-order valence-electron chi connectivity index (χ4n) is 3.57. The van der Waals surface area contributed by atoms with E-state index in [0.717, 1.165) is 47.5 Å². The molecule has 0 saturated carbocycles. The maximum Gasteiger partial charge on any atom is 0.253 e. The number of guanidine groups is 1. The van der Waals surface area contributed by atoms with Crippen LogP contribution in [0.5, 0.6) is 0 Å². The zero-order valence-corrected chi connectivity index (χ0v) is 22.6. The second kappa shape index (κ2) is 15.0. The van der Waals surface area contributed by atoms with Crippen LogP contribution >= 0.6 is 0 Å². The monoisotopic (exact) mass is 501 g/mol. The van der Waals surface area contributed by atoms with Crippen LogP contribution < -0.4 is 11.5 Å². The summed E-state index contributed by atoms with van der Waals surface area (Å²) in [5, 5.41) is 0. The molecule has 4 N–H and O–H groups in total. The van der Waals surface area contributed by atoms with Gasteiger partial charge in [-0.05, 0) is 36.8 Å². The third kappa shape index (κ3) is 8.45. The molecule has 0 saturated heterocycles. The Morgan fingerprint density at radius 1 is 1.03 bits per heavy atom. The molecule has 0 aliphatic heterocycles. The van der Waals surface area contributed by atoms with Crippen LogP contribution in [0, 0.1) is 0 Å². The summed E-state index contributed by atoms with van der Waals surface area (Å²) in [7, 11) is 3.82. The molecule has 0 unspecified atom stereocenters. The fraction of sp³-hybridized carbons (Fsp3) is 0.310. The number of carbonyl (C=O) groups excluding carboxylic acids is 1. The Morgan fingerprint density at radius 3 is 2.32 bits per heavy atom. The lowest BCUT2D eigenvalue weighted by Gasteiger charge is -2.17. The van der Waals surface area contributed by atoms with Gasteiger partial charge < -0.3 is 20.9 Å². The lowest BCUT2D eigenvalue weighted by atomic mass is 10.1. The van der Waals surface area contributed by atoms with Gasteiger partial charge in [0.15, 0.2) is 5.96 Å². The van der Waals surface area contributed by atoms with Gasteiger partial charge in [-0.1, -0.05) is 57.2 Å². The van der Waals surface area contributed by atoms with E-state index in [1.807, 2.05) is 102 Å². The van der Waals surface area contributed by atoms with Crippen molar-refractivity contribution in [2.24, 2.45) is 23.5 Å². The van der Waals surface area contributed by atoms with Crippen molar-refractivity contribution in [2.75, 3.05) is 20.1 Å². The summed E-state index contributed by atoms with van der Waals surface area (Å²) in [5.74, 6) is 1.07. The van der Waals surface area contributed by atoms with Gasteiger partial charge in [0.1, 0.15) is 5.82 Å². The van der Waals surface area contributed by atoms with Gasteiger partial charge in [-0.15, -0.1) is 0 Å². The second-order valence-electron chi connectivity index (χ2n) is 8.17. The molecular weight excluding hydrogens is 462 g/mol. The molecule has 2 heterocycles. The minimum atomic E-state index is -0.00950. The van der Waals surface area contributed by atoms with E-state index in [9.17, 15) is 4.79 Å². The summed E-state index contributed by atoms with van der Waals surface area (Å²) in [5.41, 5.74) is 14.5. The van der Waals surface area contributed by atoms with Gasteiger partial charge in [-0.2, -0.15) is 0 Å². The standard InChI is InChI=1S/C23H22N4O.C4H11N3.C2H6/c1-26(15-13-19-10-6-7-14-24-19)23(28)18-11-12-21-20(16-18)25-22(27(21)2)17-8-4-3-5-9-17;1-2-3-7-4(5)6;1-2/h3-12,14,16H,13,15H2,1-2H3;2-3H2,1H3,(H4,5,6,7);1-2H3. The van der Waals surface area contributed by atoms with E-state index in [1.54, 1.807) is 11.1 Å². The molecule has 0 radical (unpaired) electrons. The molecule has 2 aromatic carbocycles. The van der Waals surface area contributed by atoms with Crippen molar-refractivity contribution >= 4 is 22.9 Å². The zero-order valence-electron chi connectivity index (χ0n) is 22.6. The number of hydrogen-bond acceptors (Lipinski definition) is 4. The molecular formula is C29H39N7O. The summed E-state index contributed by atoms with van der Waals surface area (Å²) in [6.07, 6.45) is 3.50. The number of benzene rings is 2. The highest BCUT2D eigenvalue weighted by Crippen LogP contribution is 2.24. The molecule has 4 aromatic rings. The molecule has 2 aromatic heterocycles. The van der Waals surface area contributed by atoms with E-state index in [2.05, 4.69) is 14.5 Å². The first-order valence-electron chi connectivity index (χ1n) is 12.6. The Morgan fingerprint density at radius 2 is 1.73 bits per heavy atom. The minimum absolute atomic E-state index is 0.00950. The molecule has 0 bridgehead atoms. The average molecular weight is 502 g/mol. The molecule has 0 aliphatic rings. The molecule has 8 nitrogen and oxygen atoms in total. The predicted molar refractivity (Wildman–Crippen MR) is 153 cm³/mol. The summed E-state index contributed by atoms with van der Waals surface area (Å²) in [6.45, 7) is 7.38. The highest BCUT2D eigenvalue weighted by Gasteiger charge is 2.15. The summed E-state index contributed by atoms with van der Waals surface area (Å²) >= 11 is 0. The van der Waals surface area contributed by atoms with Gasteiger partial charge in [-0.3, -0.25) is 14.8 Å². The topological polar surface area (TPSA) is 115 Å². The number of aryl methyl sites for hydroxylation is 1. The SMILES string of the molecule is CC.CCCN=C(N)N.CN(CCc1ccccn1)C(=O)c1ccc2c(c1)nc(-c1ccccc1)n2C. The minimum Gasteiger partial charge on any atom is -0.370 e. The number of nitrogens with two attached hydrogens (primary N) is 2. The number of aliphatic imine (C=N–C) groups is 1.